The molecule has 0 radical (unpaired) electrons. The Morgan fingerprint density at radius 1 is 1.17 bits per heavy atom. The predicted octanol–water partition coefficient (Wildman–Crippen LogP) is 1.33. The number of rotatable bonds is 7. The highest BCUT2D eigenvalue weighted by Crippen LogP contribution is 2.13. The second kappa shape index (κ2) is 8.79. The smallest absolute Gasteiger partial charge is 0.225 e. The molecule has 1 aromatic heterocycles. The van der Waals surface area contributed by atoms with E-state index in [9.17, 15) is 9.59 Å². The standard InChI is InChI=1S/C15H19N5O2.ClH/c16-12-4-2-1-3-11(12)5-6-15(22)18-14-8-10-20(19-14)9-7-13(17)21;/h1-4,8,10H,5-7,9,16H2,(H2,17,21)(H,18,19,22);1H. The maximum atomic E-state index is 11.9. The molecule has 7 nitrogen and oxygen atoms in total. The summed E-state index contributed by atoms with van der Waals surface area (Å²) in [6, 6.07) is 9.15. The number of hydrogen-bond donors (Lipinski definition) is 3. The molecule has 5 N–H and O–H groups in total. The molecule has 8 heteroatoms. The normalized spacial score (nSPS) is 9.91. The van der Waals surface area contributed by atoms with Gasteiger partial charge in [-0.15, -0.1) is 12.4 Å². The number of aryl methyl sites for hydroxylation is 2. The third kappa shape index (κ3) is 5.99. The van der Waals surface area contributed by atoms with Crippen molar-refractivity contribution < 1.29 is 9.59 Å². The van der Waals surface area contributed by atoms with Gasteiger partial charge in [-0.2, -0.15) is 5.10 Å². The van der Waals surface area contributed by atoms with Gasteiger partial charge in [0.05, 0.1) is 0 Å². The molecule has 2 rings (SSSR count). The van der Waals surface area contributed by atoms with Crippen molar-refractivity contribution in [1.82, 2.24) is 9.78 Å². The molecular weight excluding hydrogens is 318 g/mol. The van der Waals surface area contributed by atoms with E-state index in [2.05, 4.69) is 10.4 Å². The van der Waals surface area contributed by atoms with Crippen LogP contribution in [0, 0.1) is 0 Å². The Morgan fingerprint density at radius 3 is 2.61 bits per heavy atom. The Morgan fingerprint density at radius 2 is 1.91 bits per heavy atom. The third-order valence-electron chi connectivity index (χ3n) is 3.17. The van der Waals surface area contributed by atoms with Crippen LogP contribution in [0.2, 0.25) is 0 Å². The quantitative estimate of drug-likeness (QED) is 0.661. The maximum absolute atomic E-state index is 11.9. The number of nitrogens with one attached hydrogen (secondary N) is 1. The number of nitrogen functional groups attached to an aromatic ring is 1. The molecule has 0 aliphatic rings. The van der Waals surface area contributed by atoms with E-state index in [0.29, 0.717) is 30.9 Å². The number of aromatic nitrogens is 2. The fraction of sp³-hybridized carbons (Fsp3) is 0.267. The van der Waals surface area contributed by atoms with Crippen LogP contribution in [0.5, 0.6) is 0 Å². The van der Waals surface area contributed by atoms with E-state index in [-0.39, 0.29) is 30.6 Å². The zero-order chi connectivity index (χ0) is 15.9. The van der Waals surface area contributed by atoms with Crippen molar-refractivity contribution in [2.75, 3.05) is 11.1 Å². The highest BCUT2D eigenvalue weighted by Gasteiger charge is 2.07. The minimum Gasteiger partial charge on any atom is -0.399 e. The first-order valence-electron chi connectivity index (χ1n) is 6.99. The number of amides is 2. The summed E-state index contributed by atoms with van der Waals surface area (Å²) in [6.45, 7) is 0.395. The summed E-state index contributed by atoms with van der Waals surface area (Å²) < 4.78 is 1.57. The fourth-order valence-corrected chi connectivity index (χ4v) is 1.99. The lowest BCUT2D eigenvalue weighted by molar-refractivity contribution is -0.118. The van der Waals surface area contributed by atoms with Crippen LogP contribution in [0.3, 0.4) is 0 Å². The van der Waals surface area contributed by atoms with Crippen LogP contribution in [0.25, 0.3) is 0 Å². The number of carbonyl (C=O) groups excluding carboxylic acids is 2. The van der Waals surface area contributed by atoms with Crippen molar-refractivity contribution in [3.63, 3.8) is 0 Å². The van der Waals surface area contributed by atoms with Crippen LogP contribution in [0.1, 0.15) is 18.4 Å². The molecule has 0 aliphatic carbocycles. The molecule has 23 heavy (non-hydrogen) atoms. The van der Waals surface area contributed by atoms with Crippen molar-refractivity contribution in [3.05, 3.63) is 42.1 Å². The van der Waals surface area contributed by atoms with Gasteiger partial charge in [-0.3, -0.25) is 14.3 Å². The second-order valence-corrected chi connectivity index (χ2v) is 4.93. The summed E-state index contributed by atoms with van der Waals surface area (Å²) >= 11 is 0. The summed E-state index contributed by atoms with van der Waals surface area (Å²) in [6.07, 6.45) is 2.79. The van der Waals surface area contributed by atoms with Crippen LogP contribution < -0.4 is 16.8 Å². The average Bonchev–Trinajstić information content (AvgIpc) is 2.92. The van der Waals surface area contributed by atoms with Gasteiger partial charge in [0.1, 0.15) is 0 Å². The molecule has 124 valence electrons. The number of carbonyl (C=O) groups is 2. The van der Waals surface area contributed by atoms with Crippen LogP contribution >= 0.6 is 12.4 Å². The minimum absolute atomic E-state index is 0. The first kappa shape index (κ1) is 18.5. The minimum atomic E-state index is -0.387. The Hall–Kier alpha value is -2.54. The van der Waals surface area contributed by atoms with E-state index in [1.807, 2.05) is 24.3 Å². The van der Waals surface area contributed by atoms with E-state index >= 15 is 0 Å². The topological polar surface area (TPSA) is 116 Å². The Balaban J connectivity index is 0.00000264. The maximum Gasteiger partial charge on any atom is 0.225 e. The van der Waals surface area contributed by atoms with Crippen LogP contribution in [0.4, 0.5) is 11.5 Å². The molecule has 0 spiro atoms. The van der Waals surface area contributed by atoms with E-state index < -0.39 is 0 Å². The zero-order valence-corrected chi connectivity index (χ0v) is 13.4. The van der Waals surface area contributed by atoms with Crippen molar-refractivity contribution in [1.29, 1.82) is 0 Å². The molecule has 1 heterocycles. The molecule has 0 fully saturated rings. The van der Waals surface area contributed by atoms with Gasteiger partial charge in [-0.1, -0.05) is 18.2 Å². The lowest BCUT2D eigenvalue weighted by atomic mass is 10.1. The van der Waals surface area contributed by atoms with Crippen molar-refractivity contribution in [3.8, 4) is 0 Å². The number of primary amides is 1. The molecule has 2 aromatic rings. The van der Waals surface area contributed by atoms with Crippen LogP contribution in [0.15, 0.2) is 36.5 Å². The summed E-state index contributed by atoms with van der Waals surface area (Å²) in [4.78, 5) is 22.6. The Labute approximate surface area is 140 Å². The summed E-state index contributed by atoms with van der Waals surface area (Å²) in [7, 11) is 0. The van der Waals surface area contributed by atoms with Gasteiger partial charge in [0.25, 0.3) is 0 Å². The second-order valence-electron chi connectivity index (χ2n) is 4.93. The van der Waals surface area contributed by atoms with E-state index in [1.54, 1.807) is 16.9 Å². The molecule has 0 aliphatic heterocycles. The van der Waals surface area contributed by atoms with Gasteiger partial charge in [0.15, 0.2) is 5.82 Å². The molecular formula is C15H20ClN5O2. The van der Waals surface area contributed by atoms with E-state index in [0.717, 1.165) is 5.56 Å². The number of nitrogens with two attached hydrogens (primary N) is 2. The summed E-state index contributed by atoms with van der Waals surface area (Å²) in [5, 5.41) is 6.86. The highest BCUT2D eigenvalue weighted by molar-refractivity contribution is 5.89. The van der Waals surface area contributed by atoms with Crippen LogP contribution in [-0.2, 0) is 22.6 Å². The number of halogens is 1. The molecule has 2 amide bonds. The molecule has 1 aromatic carbocycles. The molecule has 0 atom stereocenters. The van der Waals surface area contributed by atoms with Gasteiger partial charge in [-0.05, 0) is 18.1 Å². The van der Waals surface area contributed by atoms with Gasteiger partial charge in [0.2, 0.25) is 11.8 Å². The number of hydrogen-bond acceptors (Lipinski definition) is 4. The highest BCUT2D eigenvalue weighted by atomic mass is 35.5. The van der Waals surface area contributed by atoms with Gasteiger partial charge >= 0.3 is 0 Å². The number of benzene rings is 1. The Kier molecular flexibility index (Phi) is 7.08. The summed E-state index contributed by atoms with van der Waals surface area (Å²) in [5.41, 5.74) is 12.5. The first-order chi connectivity index (χ1) is 10.5. The van der Waals surface area contributed by atoms with Crippen molar-refractivity contribution in [2.24, 2.45) is 5.73 Å². The lowest BCUT2D eigenvalue weighted by Gasteiger charge is -2.05. The number of para-hydroxylation sites is 1. The summed E-state index contributed by atoms with van der Waals surface area (Å²) in [5.74, 6) is -0.0690. The van der Waals surface area contributed by atoms with Crippen molar-refractivity contribution >= 4 is 35.7 Å². The van der Waals surface area contributed by atoms with Gasteiger partial charge < -0.3 is 16.8 Å². The van der Waals surface area contributed by atoms with Gasteiger partial charge in [0, 0.05) is 37.3 Å². The molecule has 0 unspecified atom stereocenters. The average molecular weight is 338 g/mol. The molecule has 0 saturated heterocycles. The van der Waals surface area contributed by atoms with Crippen molar-refractivity contribution in [2.45, 2.75) is 25.8 Å². The van der Waals surface area contributed by atoms with Crippen LogP contribution in [-0.4, -0.2) is 21.6 Å². The first-order valence-corrected chi connectivity index (χ1v) is 6.99. The van der Waals surface area contributed by atoms with E-state index in [1.165, 1.54) is 0 Å². The molecule has 0 saturated carbocycles. The third-order valence-corrected chi connectivity index (χ3v) is 3.17. The Bertz CT molecular complexity index is 671. The van der Waals surface area contributed by atoms with E-state index in [4.69, 9.17) is 11.5 Å². The number of anilines is 2. The van der Waals surface area contributed by atoms with Gasteiger partial charge in [-0.25, -0.2) is 0 Å². The zero-order valence-electron chi connectivity index (χ0n) is 12.6. The number of nitrogens with zero attached hydrogens (tertiary/aromatic N) is 2. The largest absolute Gasteiger partial charge is 0.399 e. The SMILES string of the molecule is Cl.NC(=O)CCn1ccc(NC(=O)CCc2ccccc2N)n1. The molecule has 0 bridgehead atoms. The fourth-order valence-electron chi connectivity index (χ4n) is 1.99. The lowest BCUT2D eigenvalue weighted by Crippen LogP contribution is -2.15. The predicted molar refractivity (Wildman–Crippen MR) is 91.1 cm³/mol. The monoisotopic (exact) mass is 337 g/mol.